The third-order valence-electron chi connectivity index (χ3n) is 5.93. The van der Waals surface area contributed by atoms with E-state index in [4.69, 9.17) is 4.74 Å². The zero-order chi connectivity index (χ0) is 16.0. The molecule has 1 N–H and O–H groups in total. The molecular weight excluding hydrogens is 288 g/mol. The van der Waals surface area contributed by atoms with Gasteiger partial charge in [0.2, 0.25) is 0 Å². The zero-order valence-electron chi connectivity index (χ0n) is 14.0. The van der Waals surface area contributed by atoms with Gasteiger partial charge < -0.3 is 15.0 Å². The van der Waals surface area contributed by atoms with Crippen LogP contribution in [0.2, 0.25) is 0 Å². The number of rotatable bonds is 3. The van der Waals surface area contributed by atoms with Gasteiger partial charge in [-0.2, -0.15) is 0 Å². The summed E-state index contributed by atoms with van der Waals surface area (Å²) in [6.07, 6.45) is 4.08. The monoisotopic (exact) mass is 314 g/mol. The van der Waals surface area contributed by atoms with E-state index in [0.717, 1.165) is 19.5 Å². The molecule has 3 saturated heterocycles. The lowest BCUT2D eigenvalue weighted by Gasteiger charge is -2.24. The van der Waals surface area contributed by atoms with Crippen LogP contribution in [0.1, 0.15) is 43.4 Å². The number of carbonyl (C=O) groups is 1. The van der Waals surface area contributed by atoms with Crippen molar-refractivity contribution in [3.05, 3.63) is 35.4 Å². The van der Waals surface area contributed by atoms with E-state index in [1.165, 1.54) is 24.0 Å². The van der Waals surface area contributed by atoms with E-state index in [1.807, 2.05) is 4.90 Å². The lowest BCUT2D eigenvalue weighted by molar-refractivity contribution is 0.0737. The average molecular weight is 314 g/mol. The van der Waals surface area contributed by atoms with Crippen LogP contribution in [-0.4, -0.2) is 36.2 Å². The normalized spacial score (nSPS) is 32.9. The second-order valence-corrected chi connectivity index (χ2v) is 7.34. The quantitative estimate of drug-likeness (QED) is 0.930. The molecular formula is C19H26N2O2. The maximum absolute atomic E-state index is 12.7. The van der Waals surface area contributed by atoms with Gasteiger partial charge in [0, 0.05) is 24.9 Å². The van der Waals surface area contributed by atoms with Crippen LogP contribution in [-0.2, 0) is 4.74 Å². The number of carbonyl (C=O) groups excluding carboxylic acids is 1. The van der Waals surface area contributed by atoms with E-state index >= 15 is 0 Å². The predicted octanol–water partition coefficient (Wildman–Crippen LogP) is 3.26. The largest absolute Gasteiger partial charge is 0.374 e. The molecule has 1 aromatic rings. The molecule has 4 heteroatoms. The van der Waals surface area contributed by atoms with E-state index in [9.17, 15) is 4.79 Å². The van der Waals surface area contributed by atoms with Gasteiger partial charge >= 0.3 is 6.03 Å². The smallest absolute Gasteiger partial charge is 0.317 e. The van der Waals surface area contributed by atoms with Gasteiger partial charge in [-0.1, -0.05) is 36.8 Å². The lowest BCUT2D eigenvalue weighted by Crippen LogP contribution is -2.41. The van der Waals surface area contributed by atoms with Crippen LogP contribution < -0.4 is 5.32 Å². The Hall–Kier alpha value is -1.55. The van der Waals surface area contributed by atoms with Crippen molar-refractivity contribution in [1.29, 1.82) is 0 Å². The Labute approximate surface area is 138 Å². The Bertz CT molecular complexity index is 568. The van der Waals surface area contributed by atoms with E-state index in [0.29, 0.717) is 24.0 Å². The number of nitrogens with zero attached hydrogens (tertiary/aromatic N) is 1. The second kappa shape index (κ2) is 5.82. The van der Waals surface area contributed by atoms with Gasteiger partial charge in [-0.05, 0) is 31.7 Å². The molecule has 23 heavy (non-hydrogen) atoms. The highest BCUT2D eigenvalue weighted by atomic mass is 16.5. The van der Waals surface area contributed by atoms with E-state index < -0.39 is 0 Å². The van der Waals surface area contributed by atoms with Crippen LogP contribution in [0.25, 0.3) is 0 Å². The van der Waals surface area contributed by atoms with Gasteiger partial charge in [-0.3, -0.25) is 0 Å². The first kappa shape index (κ1) is 15.0. The summed E-state index contributed by atoms with van der Waals surface area (Å²) in [5.74, 6) is 1.14. The summed E-state index contributed by atoms with van der Waals surface area (Å²) >= 11 is 0. The Balaban J connectivity index is 1.40. The summed E-state index contributed by atoms with van der Waals surface area (Å²) in [5, 5.41) is 3.23. The summed E-state index contributed by atoms with van der Waals surface area (Å²) in [5.41, 5.74) is 2.44. The van der Waals surface area contributed by atoms with Crippen LogP contribution in [0.5, 0.6) is 0 Å². The summed E-state index contributed by atoms with van der Waals surface area (Å²) < 4.78 is 5.99. The van der Waals surface area contributed by atoms with Gasteiger partial charge in [0.1, 0.15) is 0 Å². The van der Waals surface area contributed by atoms with Gasteiger partial charge in [-0.25, -0.2) is 4.79 Å². The van der Waals surface area contributed by atoms with Crippen molar-refractivity contribution in [3.63, 3.8) is 0 Å². The second-order valence-electron chi connectivity index (χ2n) is 7.34. The molecule has 3 aliphatic heterocycles. The van der Waals surface area contributed by atoms with Crippen molar-refractivity contribution in [2.45, 2.75) is 51.4 Å². The van der Waals surface area contributed by atoms with Gasteiger partial charge in [0.25, 0.3) is 0 Å². The van der Waals surface area contributed by atoms with Crippen molar-refractivity contribution < 1.29 is 9.53 Å². The average Bonchev–Trinajstić information content (AvgIpc) is 3.25. The highest BCUT2D eigenvalue weighted by Gasteiger charge is 2.53. The number of aryl methyl sites for hydroxylation is 1. The molecule has 3 fully saturated rings. The van der Waals surface area contributed by atoms with Crippen LogP contribution >= 0.6 is 0 Å². The Morgan fingerprint density at radius 2 is 1.83 bits per heavy atom. The maximum atomic E-state index is 12.7. The number of fused-ring (bicyclic) bond motifs is 5. The first-order valence-corrected chi connectivity index (χ1v) is 8.93. The summed E-state index contributed by atoms with van der Waals surface area (Å²) in [6.45, 7) is 5.93. The number of ether oxygens (including phenoxy) is 1. The van der Waals surface area contributed by atoms with Gasteiger partial charge in [-0.15, -0.1) is 0 Å². The Morgan fingerprint density at radius 1 is 1.22 bits per heavy atom. The van der Waals surface area contributed by atoms with E-state index in [2.05, 4.69) is 43.4 Å². The molecule has 2 amide bonds. The molecule has 4 rings (SSSR count). The molecule has 0 unspecified atom stereocenters. The Kier molecular flexibility index (Phi) is 3.80. The van der Waals surface area contributed by atoms with E-state index in [1.54, 1.807) is 0 Å². The SMILES string of the molecule is CC[C@H](NC(=O)N1C[C@@H]2[C@H](C1)[C@H]1CC[C@H]2O1)c1ccc(C)cc1. The number of nitrogens with one attached hydrogen (secondary N) is 1. The molecule has 0 radical (unpaired) electrons. The standard InChI is InChI=1S/C19H26N2O2/c1-3-16(13-6-4-12(2)5-7-13)20-19(22)21-10-14-15(11-21)18-9-8-17(14)23-18/h4-7,14-18H,3,8-11H2,1-2H3,(H,20,22)/t14-,15+,16-,17+,18+/m0/s1. The van der Waals surface area contributed by atoms with Crippen molar-refractivity contribution in [2.75, 3.05) is 13.1 Å². The minimum atomic E-state index is 0.0891. The predicted molar refractivity (Wildman–Crippen MR) is 89.2 cm³/mol. The molecule has 124 valence electrons. The van der Waals surface area contributed by atoms with Crippen LogP contribution in [0.3, 0.4) is 0 Å². The number of likely N-dealkylation sites (tertiary alicyclic amines) is 1. The molecule has 0 aliphatic carbocycles. The first-order valence-electron chi connectivity index (χ1n) is 8.93. The molecule has 3 heterocycles. The van der Waals surface area contributed by atoms with Crippen molar-refractivity contribution in [3.8, 4) is 0 Å². The van der Waals surface area contributed by atoms with Crippen LogP contribution in [0.4, 0.5) is 4.79 Å². The Morgan fingerprint density at radius 3 is 2.39 bits per heavy atom. The number of hydrogen-bond donors (Lipinski definition) is 1. The third-order valence-corrected chi connectivity index (χ3v) is 5.93. The highest BCUT2D eigenvalue weighted by molar-refractivity contribution is 5.75. The number of benzene rings is 1. The fourth-order valence-electron chi connectivity index (χ4n) is 4.59. The lowest BCUT2D eigenvalue weighted by atomic mass is 9.82. The fraction of sp³-hybridized carbons (Fsp3) is 0.632. The van der Waals surface area contributed by atoms with Crippen LogP contribution in [0.15, 0.2) is 24.3 Å². The first-order chi connectivity index (χ1) is 11.2. The number of hydrogen-bond acceptors (Lipinski definition) is 2. The molecule has 5 atom stereocenters. The molecule has 4 nitrogen and oxygen atoms in total. The van der Waals surface area contributed by atoms with Crippen LogP contribution in [0, 0.1) is 18.8 Å². The minimum absolute atomic E-state index is 0.0891. The summed E-state index contributed by atoms with van der Waals surface area (Å²) in [7, 11) is 0. The molecule has 0 aromatic heterocycles. The van der Waals surface area contributed by atoms with Gasteiger partial charge in [0.15, 0.2) is 0 Å². The maximum Gasteiger partial charge on any atom is 0.317 e. The summed E-state index contributed by atoms with van der Waals surface area (Å²) in [6, 6.07) is 8.65. The summed E-state index contributed by atoms with van der Waals surface area (Å²) in [4.78, 5) is 14.7. The third kappa shape index (κ3) is 2.63. The van der Waals surface area contributed by atoms with Crippen molar-refractivity contribution in [1.82, 2.24) is 10.2 Å². The van der Waals surface area contributed by atoms with Gasteiger partial charge in [0.05, 0.1) is 18.2 Å². The molecule has 2 bridgehead atoms. The zero-order valence-corrected chi connectivity index (χ0v) is 14.0. The number of amides is 2. The van der Waals surface area contributed by atoms with Crippen molar-refractivity contribution >= 4 is 6.03 Å². The highest BCUT2D eigenvalue weighted by Crippen LogP contribution is 2.47. The minimum Gasteiger partial charge on any atom is -0.374 e. The number of urea groups is 1. The topological polar surface area (TPSA) is 41.6 Å². The molecule has 3 aliphatic rings. The molecule has 0 saturated carbocycles. The van der Waals surface area contributed by atoms with Crippen molar-refractivity contribution in [2.24, 2.45) is 11.8 Å². The van der Waals surface area contributed by atoms with E-state index in [-0.39, 0.29) is 12.1 Å². The molecule has 1 aromatic carbocycles. The fourth-order valence-corrected chi connectivity index (χ4v) is 4.59. The molecule has 0 spiro atoms.